The number of unbranched alkanes of at least 4 members (excludes halogenated alkanes) is 1. The fourth-order valence-electron chi connectivity index (χ4n) is 3.82. The van der Waals surface area contributed by atoms with Gasteiger partial charge in [-0.2, -0.15) is 0 Å². The molecule has 0 unspecified atom stereocenters. The SMILES string of the molecule is C=CCN[C@@H](CCCCNC(=O)OCc1ccccc1)C(=O)N1CCC[C@H]1C(=O)OC(C)(C)C. The minimum atomic E-state index is -0.593. The normalized spacial score (nSPS) is 16.6. The van der Waals surface area contributed by atoms with Crippen molar-refractivity contribution in [1.82, 2.24) is 15.5 Å². The number of alkyl carbamates (subject to hydrolysis) is 1. The topological polar surface area (TPSA) is 97.0 Å². The van der Waals surface area contributed by atoms with Gasteiger partial charge in [-0.05, 0) is 58.4 Å². The van der Waals surface area contributed by atoms with Gasteiger partial charge < -0.3 is 25.0 Å². The highest BCUT2D eigenvalue weighted by Gasteiger charge is 2.38. The molecule has 0 aromatic heterocycles. The van der Waals surface area contributed by atoms with Crippen LogP contribution < -0.4 is 10.6 Å². The number of carbonyl (C=O) groups is 3. The molecule has 0 aliphatic carbocycles. The standard InChI is InChI=1S/C26H39N3O5/c1-5-16-27-21(23(30)29-18-11-15-22(29)24(31)34-26(2,3)4)14-9-10-17-28-25(32)33-19-20-12-7-6-8-13-20/h5-8,12-13,21-22,27H,1,9-11,14-19H2,2-4H3,(H,28,32)/t21-,22-/m0/s1. The summed E-state index contributed by atoms with van der Waals surface area (Å²) in [4.78, 5) is 39.4. The molecule has 188 valence electrons. The smallest absolute Gasteiger partial charge is 0.407 e. The lowest BCUT2D eigenvalue weighted by Crippen LogP contribution is -2.51. The monoisotopic (exact) mass is 473 g/mol. The molecule has 1 aromatic carbocycles. The molecule has 0 bridgehead atoms. The van der Waals surface area contributed by atoms with Gasteiger partial charge in [0.05, 0.1) is 6.04 Å². The number of nitrogens with one attached hydrogen (secondary N) is 2. The molecular weight excluding hydrogens is 434 g/mol. The maximum absolute atomic E-state index is 13.3. The van der Waals surface area contributed by atoms with Crippen molar-refractivity contribution in [1.29, 1.82) is 0 Å². The predicted octanol–water partition coefficient (Wildman–Crippen LogP) is 3.56. The second-order valence-electron chi connectivity index (χ2n) is 9.46. The number of amides is 2. The molecule has 1 heterocycles. The summed E-state index contributed by atoms with van der Waals surface area (Å²) in [5.41, 5.74) is 0.336. The van der Waals surface area contributed by atoms with Crippen LogP contribution in [0.1, 0.15) is 58.4 Å². The van der Waals surface area contributed by atoms with Crippen molar-refractivity contribution in [3.8, 4) is 0 Å². The van der Waals surface area contributed by atoms with Gasteiger partial charge in [0.15, 0.2) is 0 Å². The van der Waals surface area contributed by atoms with Crippen LogP contribution >= 0.6 is 0 Å². The number of esters is 1. The van der Waals surface area contributed by atoms with Crippen molar-refractivity contribution in [2.24, 2.45) is 0 Å². The second kappa shape index (κ2) is 13.7. The third kappa shape index (κ3) is 9.55. The Labute approximate surface area is 203 Å². The van der Waals surface area contributed by atoms with Crippen molar-refractivity contribution >= 4 is 18.0 Å². The molecular formula is C26H39N3O5. The lowest BCUT2D eigenvalue weighted by atomic mass is 10.1. The summed E-state index contributed by atoms with van der Waals surface area (Å²) in [6.45, 7) is 10.9. The van der Waals surface area contributed by atoms with Crippen LogP contribution in [0.15, 0.2) is 43.0 Å². The van der Waals surface area contributed by atoms with E-state index in [0.717, 1.165) is 18.4 Å². The van der Waals surface area contributed by atoms with Gasteiger partial charge in [0.2, 0.25) is 5.91 Å². The van der Waals surface area contributed by atoms with Crippen molar-refractivity contribution in [3.05, 3.63) is 48.6 Å². The molecule has 8 nitrogen and oxygen atoms in total. The molecule has 2 N–H and O–H groups in total. The minimum Gasteiger partial charge on any atom is -0.458 e. The quantitative estimate of drug-likeness (QED) is 0.274. The van der Waals surface area contributed by atoms with Gasteiger partial charge in [-0.25, -0.2) is 9.59 Å². The van der Waals surface area contributed by atoms with E-state index in [2.05, 4.69) is 17.2 Å². The third-order valence-electron chi connectivity index (χ3n) is 5.42. The lowest BCUT2D eigenvalue weighted by molar-refractivity contribution is -0.163. The number of carbonyl (C=O) groups excluding carboxylic acids is 3. The molecule has 34 heavy (non-hydrogen) atoms. The van der Waals surface area contributed by atoms with Crippen LogP contribution in [0.2, 0.25) is 0 Å². The first-order valence-electron chi connectivity index (χ1n) is 12.0. The Bertz CT molecular complexity index is 806. The zero-order valence-electron chi connectivity index (χ0n) is 20.7. The van der Waals surface area contributed by atoms with Gasteiger partial charge in [-0.15, -0.1) is 6.58 Å². The Kier molecular flexibility index (Phi) is 11.1. The number of hydrogen-bond donors (Lipinski definition) is 2. The average Bonchev–Trinajstić information content (AvgIpc) is 3.29. The van der Waals surface area contributed by atoms with Crippen LogP contribution in [0.4, 0.5) is 4.79 Å². The molecule has 1 aliphatic heterocycles. The molecule has 0 radical (unpaired) electrons. The van der Waals surface area contributed by atoms with E-state index >= 15 is 0 Å². The van der Waals surface area contributed by atoms with E-state index in [9.17, 15) is 14.4 Å². The Morgan fingerprint density at radius 1 is 1.21 bits per heavy atom. The first-order valence-corrected chi connectivity index (χ1v) is 12.0. The number of benzene rings is 1. The summed E-state index contributed by atoms with van der Waals surface area (Å²) in [5, 5.41) is 5.96. The van der Waals surface area contributed by atoms with E-state index in [1.807, 2.05) is 51.1 Å². The zero-order valence-corrected chi connectivity index (χ0v) is 20.7. The van der Waals surface area contributed by atoms with E-state index in [-0.39, 0.29) is 18.5 Å². The van der Waals surface area contributed by atoms with Crippen molar-refractivity contribution < 1.29 is 23.9 Å². The number of nitrogens with zero attached hydrogens (tertiary/aromatic N) is 1. The van der Waals surface area contributed by atoms with Crippen molar-refractivity contribution in [2.45, 2.75) is 77.2 Å². The average molecular weight is 474 g/mol. The molecule has 2 atom stereocenters. The highest BCUT2D eigenvalue weighted by Crippen LogP contribution is 2.23. The van der Waals surface area contributed by atoms with E-state index in [1.54, 1.807) is 11.0 Å². The molecule has 0 spiro atoms. The minimum absolute atomic E-state index is 0.0922. The Morgan fingerprint density at radius 2 is 1.94 bits per heavy atom. The number of likely N-dealkylation sites (tertiary alicyclic amines) is 1. The molecule has 2 rings (SSSR count). The fraction of sp³-hybridized carbons (Fsp3) is 0.577. The number of hydrogen-bond acceptors (Lipinski definition) is 6. The Morgan fingerprint density at radius 3 is 2.62 bits per heavy atom. The second-order valence-corrected chi connectivity index (χ2v) is 9.46. The fourth-order valence-corrected chi connectivity index (χ4v) is 3.82. The van der Waals surface area contributed by atoms with Gasteiger partial charge in [0, 0.05) is 19.6 Å². The van der Waals surface area contributed by atoms with Gasteiger partial charge in [0.25, 0.3) is 0 Å². The number of rotatable bonds is 12. The summed E-state index contributed by atoms with van der Waals surface area (Å²) in [6.07, 6.45) is 4.66. The van der Waals surface area contributed by atoms with Crippen LogP contribution in [-0.2, 0) is 25.7 Å². The zero-order chi connectivity index (χ0) is 25.0. The van der Waals surface area contributed by atoms with Gasteiger partial charge in [-0.1, -0.05) is 36.4 Å². The molecule has 1 aromatic rings. The maximum Gasteiger partial charge on any atom is 0.407 e. The maximum atomic E-state index is 13.3. The van der Waals surface area contributed by atoms with E-state index < -0.39 is 23.8 Å². The summed E-state index contributed by atoms with van der Waals surface area (Å²) >= 11 is 0. The van der Waals surface area contributed by atoms with Crippen LogP contribution in [0.3, 0.4) is 0 Å². The largest absolute Gasteiger partial charge is 0.458 e. The summed E-state index contributed by atoms with van der Waals surface area (Å²) < 4.78 is 10.7. The molecule has 1 aliphatic rings. The van der Waals surface area contributed by atoms with Crippen LogP contribution in [0, 0.1) is 0 Å². The van der Waals surface area contributed by atoms with E-state index in [0.29, 0.717) is 38.9 Å². The summed E-state index contributed by atoms with van der Waals surface area (Å²) in [5.74, 6) is -0.440. The third-order valence-corrected chi connectivity index (χ3v) is 5.42. The van der Waals surface area contributed by atoms with Crippen LogP contribution in [0.25, 0.3) is 0 Å². The van der Waals surface area contributed by atoms with Crippen LogP contribution in [-0.4, -0.2) is 60.2 Å². The van der Waals surface area contributed by atoms with Gasteiger partial charge in [-0.3, -0.25) is 4.79 Å². The summed E-state index contributed by atoms with van der Waals surface area (Å²) in [6, 6.07) is 8.53. The first-order chi connectivity index (χ1) is 16.2. The van der Waals surface area contributed by atoms with Crippen molar-refractivity contribution in [3.63, 3.8) is 0 Å². The highest BCUT2D eigenvalue weighted by molar-refractivity contribution is 5.88. The van der Waals surface area contributed by atoms with Crippen molar-refractivity contribution in [2.75, 3.05) is 19.6 Å². The van der Waals surface area contributed by atoms with Gasteiger partial charge in [0.1, 0.15) is 18.2 Å². The van der Waals surface area contributed by atoms with E-state index in [4.69, 9.17) is 9.47 Å². The van der Waals surface area contributed by atoms with E-state index in [1.165, 1.54) is 0 Å². The predicted molar refractivity (Wildman–Crippen MR) is 131 cm³/mol. The molecule has 1 saturated heterocycles. The molecule has 8 heteroatoms. The van der Waals surface area contributed by atoms with Crippen LogP contribution in [0.5, 0.6) is 0 Å². The first kappa shape index (κ1) is 27.4. The van der Waals surface area contributed by atoms with Gasteiger partial charge >= 0.3 is 12.1 Å². The molecule has 2 amide bonds. The number of ether oxygens (including phenoxy) is 2. The Balaban J connectivity index is 1.78. The molecule has 0 saturated carbocycles. The molecule has 1 fully saturated rings. The highest BCUT2D eigenvalue weighted by atomic mass is 16.6. The Hall–Kier alpha value is -2.87. The summed E-state index contributed by atoms with van der Waals surface area (Å²) in [7, 11) is 0. The lowest BCUT2D eigenvalue weighted by Gasteiger charge is -2.30.